The van der Waals surface area contributed by atoms with Gasteiger partial charge in [0, 0.05) is 24.0 Å². The van der Waals surface area contributed by atoms with E-state index in [9.17, 15) is 10.1 Å². The minimum absolute atomic E-state index is 0.0242. The number of methoxy groups -OCH3 is 1. The van der Waals surface area contributed by atoms with Crippen LogP contribution in [0.4, 0.5) is 0 Å². The molecule has 0 radical (unpaired) electrons. The average Bonchev–Trinajstić information content (AvgIpc) is 3.17. The van der Waals surface area contributed by atoms with Crippen LogP contribution in [0.2, 0.25) is 0 Å². The van der Waals surface area contributed by atoms with E-state index in [2.05, 4.69) is 6.07 Å². The largest absolute Gasteiger partial charge is 0.497 e. The third-order valence-electron chi connectivity index (χ3n) is 4.89. The third-order valence-corrected chi connectivity index (χ3v) is 4.89. The van der Waals surface area contributed by atoms with Crippen molar-refractivity contribution < 1.29 is 18.7 Å². The molecule has 1 aromatic carbocycles. The van der Waals surface area contributed by atoms with E-state index in [1.807, 2.05) is 30.3 Å². The van der Waals surface area contributed by atoms with Crippen LogP contribution >= 0.6 is 0 Å². The molecule has 0 saturated carbocycles. The van der Waals surface area contributed by atoms with Crippen molar-refractivity contribution >= 4 is 5.78 Å². The van der Waals surface area contributed by atoms with Crippen LogP contribution in [-0.2, 0) is 9.53 Å². The predicted octanol–water partition coefficient (Wildman–Crippen LogP) is 3.77. The van der Waals surface area contributed by atoms with E-state index in [0.717, 1.165) is 17.7 Å². The number of allylic oxidation sites excluding steroid dienone is 3. The number of hydrogen-bond donors (Lipinski definition) is 1. The SMILES string of the molecule is COc1ccc(-c2ccc([C@H]3C(C#N)=C(N)OC4=C3C(=O)CCC4)o2)cc1. The third kappa shape index (κ3) is 2.87. The first-order chi connectivity index (χ1) is 13.1. The molecular formula is C21H18N2O4. The summed E-state index contributed by atoms with van der Waals surface area (Å²) in [6, 6.07) is 13.2. The van der Waals surface area contributed by atoms with Gasteiger partial charge in [0.25, 0.3) is 0 Å². The molecule has 0 spiro atoms. The summed E-state index contributed by atoms with van der Waals surface area (Å²) in [6.45, 7) is 0. The Balaban J connectivity index is 1.77. The lowest BCUT2D eigenvalue weighted by Crippen LogP contribution is -2.27. The summed E-state index contributed by atoms with van der Waals surface area (Å²) in [6.07, 6.45) is 1.78. The molecular weight excluding hydrogens is 344 g/mol. The number of hydrogen-bond acceptors (Lipinski definition) is 6. The van der Waals surface area contributed by atoms with Crippen molar-refractivity contribution in [2.45, 2.75) is 25.2 Å². The second kappa shape index (κ2) is 6.69. The first kappa shape index (κ1) is 17.0. The fourth-order valence-corrected chi connectivity index (χ4v) is 3.56. The van der Waals surface area contributed by atoms with Gasteiger partial charge in [0.15, 0.2) is 5.78 Å². The summed E-state index contributed by atoms with van der Waals surface area (Å²) in [7, 11) is 1.61. The van der Waals surface area contributed by atoms with E-state index in [1.54, 1.807) is 13.2 Å². The standard InChI is InChI=1S/C21H18N2O4/c1-25-13-7-5-12(6-8-13)16-9-10-18(26-16)19-14(11-22)21(23)27-17-4-2-3-15(24)20(17)19/h5-10,19H,2-4,23H2,1H3/t19-/m1/s1. The lowest BCUT2D eigenvalue weighted by Gasteiger charge is -2.29. The summed E-state index contributed by atoms with van der Waals surface area (Å²) in [5, 5.41) is 9.59. The average molecular weight is 362 g/mol. The van der Waals surface area contributed by atoms with E-state index >= 15 is 0 Å². The molecule has 6 nitrogen and oxygen atoms in total. The van der Waals surface area contributed by atoms with E-state index in [1.165, 1.54) is 0 Å². The number of carbonyl (C=O) groups excluding carboxylic acids is 1. The normalized spacial score (nSPS) is 19.4. The van der Waals surface area contributed by atoms with Crippen molar-refractivity contribution in [1.82, 2.24) is 0 Å². The molecule has 2 heterocycles. The Labute approximate surface area is 156 Å². The number of nitrogens with zero attached hydrogens (tertiary/aromatic N) is 1. The highest BCUT2D eigenvalue weighted by Gasteiger charge is 2.39. The molecule has 2 aromatic rings. The van der Waals surface area contributed by atoms with Crippen LogP contribution in [0.1, 0.15) is 30.9 Å². The minimum Gasteiger partial charge on any atom is -0.497 e. The predicted molar refractivity (Wildman–Crippen MR) is 97.2 cm³/mol. The first-order valence-corrected chi connectivity index (χ1v) is 8.70. The molecule has 1 aliphatic carbocycles. The zero-order chi connectivity index (χ0) is 19.0. The fraction of sp³-hybridized carbons (Fsp3) is 0.238. The van der Waals surface area contributed by atoms with Crippen LogP contribution in [0, 0.1) is 11.3 Å². The number of nitriles is 1. The van der Waals surface area contributed by atoms with Gasteiger partial charge in [-0.15, -0.1) is 0 Å². The molecule has 0 bridgehead atoms. The lowest BCUT2D eigenvalue weighted by atomic mass is 9.80. The molecule has 1 aliphatic heterocycles. The Kier molecular flexibility index (Phi) is 4.21. The Morgan fingerprint density at radius 2 is 1.96 bits per heavy atom. The molecule has 2 aliphatic rings. The van der Waals surface area contributed by atoms with Gasteiger partial charge < -0.3 is 19.6 Å². The molecule has 27 heavy (non-hydrogen) atoms. The van der Waals surface area contributed by atoms with E-state index in [-0.39, 0.29) is 17.2 Å². The summed E-state index contributed by atoms with van der Waals surface area (Å²) in [4.78, 5) is 12.6. The van der Waals surface area contributed by atoms with E-state index in [0.29, 0.717) is 35.7 Å². The first-order valence-electron chi connectivity index (χ1n) is 8.70. The number of furan rings is 1. The maximum absolute atomic E-state index is 12.6. The summed E-state index contributed by atoms with van der Waals surface area (Å²) >= 11 is 0. The summed E-state index contributed by atoms with van der Waals surface area (Å²) < 4.78 is 16.8. The zero-order valence-corrected chi connectivity index (χ0v) is 14.8. The Morgan fingerprint density at radius 3 is 2.67 bits per heavy atom. The van der Waals surface area contributed by atoms with Crippen molar-refractivity contribution in [3.8, 4) is 23.1 Å². The van der Waals surface area contributed by atoms with Gasteiger partial charge in [-0.3, -0.25) is 4.79 Å². The second-order valence-electron chi connectivity index (χ2n) is 6.47. The lowest BCUT2D eigenvalue weighted by molar-refractivity contribution is -0.116. The molecule has 6 heteroatoms. The molecule has 1 atom stereocenters. The Bertz CT molecular complexity index is 1010. The highest BCUT2D eigenvalue weighted by Crippen LogP contribution is 2.44. The van der Waals surface area contributed by atoms with Crippen LogP contribution in [0.5, 0.6) is 5.75 Å². The van der Waals surface area contributed by atoms with Gasteiger partial charge in [-0.2, -0.15) is 5.26 Å². The second-order valence-corrected chi connectivity index (χ2v) is 6.47. The topological polar surface area (TPSA) is 98.5 Å². The molecule has 0 amide bonds. The molecule has 136 valence electrons. The van der Waals surface area contributed by atoms with Gasteiger partial charge >= 0.3 is 0 Å². The van der Waals surface area contributed by atoms with Gasteiger partial charge in [0.2, 0.25) is 5.88 Å². The molecule has 2 N–H and O–H groups in total. The molecule has 0 saturated heterocycles. The van der Waals surface area contributed by atoms with Crippen molar-refractivity contribution in [3.63, 3.8) is 0 Å². The highest BCUT2D eigenvalue weighted by molar-refractivity contribution is 5.99. The summed E-state index contributed by atoms with van der Waals surface area (Å²) in [5.74, 6) is 1.84. The number of carbonyl (C=O) groups is 1. The molecule has 0 unspecified atom stereocenters. The number of ether oxygens (including phenoxy) is 2. The highest BCUT2D eigenvalue weighted by atomic mass is 16.5. The zero-order valence-electron chi connectivity index (χ0n) is 14.8. The maximum Gasteiger partial charge on any atom is 0.205 e. The van der Waals surface area contributed by atoms with Crippen LogP contribution < -0.4 is 10.5 Å². The Hall–Kier alpha value is -3.46. The van der Waals surface area contributed by atoms with Crippen LogP contribution in [-0.4, -0.2) is 12.9 Å². The van der Waals surface area contributed by atoms with Gasteiger partial charge in [0.1, 0.15) is 34.7 Å². The molecule has 0 fully saturated rings. The fourth-order valence-electron chi connectivity index (χ4n) is 3.56. The molecule has 4 rings (SSSR count). The number of Topliss-reactive ketones (excluding diaryl/α,β-unsaturated/α-hetero) is 1. The van der Waals surface area contributed by atoms with Gasteiger partial charge in [0.05, 0.1) is 13.0 Å². The number of rotatable bonds is 3. The monoisotopic (exact) mass is 362 g/mol. The number of ketones is 1. The van der Waals surface area contributed by atoms with Crippen molar-refractivity contribution in [3.05, 3.63) is 64.9 Å². The van der Waals surface area contributed by atoms with Gasteiger partial charge in [-0.1, -0.05) is 0 Å². The van der Waals surface area contributed by atoms with Crippen molar-refractivity contribution in [2.75, 3.05) is 7.11 Å². The van der Waals surface area contributed by atoms with Crippen LogP contribution in [0.25, 0.3) is 11.3 Å². The smallest absolute Gasteiger partial charge is 0.205 e. The van der Waals surface area contributed by atoms with Crippen LogP contribution in [0.3, 0.4) is 0 Å². The number of benzene rings is 1. The van der Waals surface area contributed by atoms with E-state index in [4.69, 9.17) is 19.6 Å². The van der Waals surface area contributed by atoms with E-state index < -0.39 is 5.92 Å². The Morgan fingerprint density at radius 1 is 1.19 bits per heavy atom. The molecule has 1 aromatic heterocycles. The van der Waals surface area contributed by atoms with Gasteiger partial charge in [-0.05, 0) is 42.8 Å². The van der Waals surface area contributed by atoms with Crippen LogP contribution in [0.15, 0.2) is 63.6 Å². The maximum atomic E-state index is 12.6. The number of nitrogens with two attached hydrogens (primary N) is 1. The summed E-state index contributed by atoms with van der Waals surface area (Å²) in [5.41, 5.74) is 7.52. The van der Waals surface area contributed by atoms with Gasteiger partial charge in [-0.25, -0.2) is 0 Å². The van der Waals surface area contributed by atoms with Crippen molar-refractivity contribution in [1.29, 1.82) is 5.26 Å². The quantitative estimate of drug-likeness (QED) is 0.892. The van der Waals surface area contributed by atoms with Crippen molar-refractivity contribution in [2.24, 2.45) is 5.73 Å². The minimum atomic E-state index is -0.626.